The Morgan fingerprint density at radius 3 is 2.42 bits per heavy atom. The minimum Gasteiger partial charge on any atom is -0.497 e. The average molecular weight is 474 g/mol. The van der Waals surface area contributed by atoms with Crippen molar-refractivity contribution in [1.29, 1.82) is 0 Å². The summed E-state index contributed by atoms with van der Waals surface area (Å²) in [6, 6.07) is 11.1. The number of rotatable bonds is 8. The molecule has 0 fully saturated rings. The van der Waals surface area contributed by atoms with Crippen LogP contribution in [0.5, 0.6) is 5.75 Å². The molecule has 0 spiro atoms. The van der Waals surface area contributed by atoms with Crippen LogP contribution in [-0.4, -0.2) is 39.9 Å². The van der Waals surface area contributed by atoms with Gasteiger partial charge in [-0.25, -0.2) is 8.42 Å². The Bertz CT molecular complexity index is 1110. The fourth-order valence-electron chi connectivity index (χ4n) is 3.84. The molecule has 1 heterocycles. The third-order valence-electron chi connectivity index (χ3n) is 5.72. The highest BCUT2D eigenvalue weighted by Gasteiger charge is 2.29. The van der Waals surface area contributed by atoms with Crippen molar-refractivity contribution in [3.63, 3.8) is 0 Å². The summed E-state index contributed by atoms with van der Waals surface area (Å²) in [5.74, 6) is -0.0148. The van der Waals surface area contributed by atoms with Crippen molar-refractivity contribution in [3.8, 4) is 5.75 Å². The second-order valence-electron chi connectivity index (χ2n) is 8.47. The maximum absolute atomic E-state index is 13.1. The summed E-state index contributed by atoms with van der Waals surface area (Å²) in [6.07, 6.45) is 1.46. The van der Waals surface area contributed by atoms with Crippen LogP contribution in [0, 0.1) is 5.92 Å². The molecule has 0 saturated carbocycles. The van der Waals surface area contributed by atoms with Crippen molar-refractivity contribution in [3.05, 3.63) is 53.6 Å². The summed E-state index contributed by atoms with van der Waals surface area (Å²) in [5.41, 5.74) is 2.42. The quantitative estimate of drug-likeness (QED) is 0.613. The molecule has 8 nitrogen and oxygen atoms in total. The van der Waals surface area contributed by atoms with Gasteiger partial charge in [0.05, 0.1) is 12.0 Å². The highest BCUT2D eigenvalue weighted by Crippen LogP contribution is 2.29. The molecule has 3 rings (SSSR count). The molecule has 1 atom stereocenters. The number of nitrogens with one attached hydrogen (secondary N) is 2. The van der Waals surface area contributed by atoms with E-state index < -0.39 is 22.0 Å². The molecule has 0 bridgehead atoms. The van der Waals surface area contributed by atoms with Gasteiger partial charge >= 0.3 is 0 Å². The van der Waals surface area contributed by atoms with E-state index in [0.717, 1.165) is 29.0 Å². The lowest BCUT2D eigenvalue weighted by molar-refractivity contribution is -0.123. The third kappa shape index (κ3) is 5.91. The Balaban J connectivity index is 1.74. The van der Waals surface area contributed by atoms with Crippen molar-refractivity contribution in [2.24, 2.45) is 5.92 Å². The lowest BCUT2D eigenvalue weighted by Crippen LogP contribution is -2.49. The molecule has 2 amide bonds. The molecular weight excluding hydrogens is 442 g/mol. The summed E-state index contributed by atoms with van der Waals surface area (Å²) in [5, 5.41) is 2.81. The molecule has 1 aliphatic heterocycles. The second kappa shape index (κ2) is 10.4. The van der Waals surface area contributed by atoms with E-state index in [0.29, 0.717) is 13.0 Å². The first-order chi connectivity index (χ1) is 15.6. The van der Waals surface area contributed by atoms with E-state index in [1.165, 1.54) is 13.0 Å². The Labute approximate surface area is 195 Å². The van der Waals surface area contributed by atoms with Gasteiger partial charge in [-0.1, -0.05) is 26.0 Å². The van der Waals surface area contributed by atoms with Gasteiger partial charge in [-0.3, -0.25) is 9.59 Å². The third-order valence-corrected chi connectivity index (χ3v) is 7.16. The monoisotopic (exact) mass is 473 g/mol. The number of methoxy groups -OCH3 is 1. The molecular formula is C24H31N3O5S. The van der Waals surface area contributed by atoms with Crippen LogP contribution in [0.25, 0.3) is 0 Å². The Morgan fingerprint density at radius 2 is 1.82 bits per heavy atom. The van der Waals surface area contributed by atoms with Crippen LogP contribution >= 0.6 is 0 Å². The number of hydrogen-bond acceptors (Lipinski definition) is 5. The number of amides is 2. The van der Waals surface area contributed by atoms with E-state index in [2.05, 4.69) is 10.0 Å². The summed E-state index contributed by atoms with van der Waals surface area (Å²) in [7, 11) is -2.36. The number of fused-ring (bicyclic) bond motifs is 1. The lowest BCUT2D eigenvalue weighted by Gasteiger charge is -2.29. The van der Waals surface area contributed by atoms with E-state index in [-0.39, 0.29) is 23.3 Å². The van der Waals surface area contributed by atoms with E-state index in [4.69, 9.17) is 4.74 Å². The van der Waals surface area contributed by atoms with Gasteiger partial charge in [0.25, 0.3) is 0 Å². The highest BCUT2D eigenvalue weighted by molar-refractivity contribution is 7.89. The van der Waals surface area contributed by atoms with Gasteiger partial charge in [-0.05, 0) is 60.2 Å². The number of nitrogens with zero attached hydrogens (tertiary/aromatic N) is 1. The van der Waals surface area contributed by atoms with E-state index in [9.17, 15) is 18.0 Å². The fraction of sp³-hybridized carbons (Fsp3) is 0.417. The first kappa shape index (κ1) is 24.7. The number of sulfonamides is 1. The molecule has 0 aliphatic carbocycles. The van der Waals surface area contributed by atoms with Crippen LogP contribution in [0.1, 0.15) is 38.3 Å². The van der Waals surface area contributed by atoms with Crippen molar-refractivity contribution in [2.45, 2.75) is 51.1 Å². The van der Waals surface area contributed by atoms with Gasteiger partial charge in [0.2, 0.25) is 21.8 Å². The zero-order valence-corrected chi connectivity index (χ0v) is 20.2. The molecule has 0 aromatic heterocycles. The van der Waals surface area contributed by atoms with Crippen LogP contribution in [0.2, 0.25) is 0 Å². The molecule has 178 valence electrons. The number of ether oxygens (including phenoxy) is 1. The van der Waals surface area contributed by atoms with Crippen LogP contribution in [-0.2, 0) is 32.6 Å². The van der Waals surface area contributed by atoms with Crippen molar-refractivity contribution >= 4 is 27.5 Å². The predicted octanol–water partition coefficient (Wildman–Crippen LogP) is 2.61. The summed E-state index contributed by atoms with van der Waals surface area (Å²) in [4.78, 5) is 26.5. The van der Waals surface area contributed by atoms with Gasteiger partial charge in [-0.2, -0.15) is 4.72 Å². The lowest BCUT2D eigenvalue weighted by atomic mass is 10.0. The Morgan fingerprint density at radius 1 is 1.12 bits per heavy atom. The maximum atomic E-state index is 13.1. The topological polar surface area (TPSA) is 105 Å². The fourth-order valence-corrected chi connectivity index (χ4v) is 5.23. The largest absolute Gasteiger partial charge is 0.497 e. The molecule has 2 N–H and O–H groups in total. The SMILES string of the molecule is COc1ccc(CNC(=O)[C@@H](NS(=O)(=O)c2ccc3c(c2)CCCN3C(C)=O)C(C)C)cc1. The standard InChI is InChI=1S/C24H31N3O5S/c1-16(2)23(24(29)25-15-18-7-9-20(32-4)10-8-18)26-33(30,31)21-11-12-22-19(14-21)6-5-13-27(22)17(3)28/h7-12,14,16,23,26H,5-6,13,15H2,1-4H3,(H,25,29)/t23-/m0/s1. The number of aryl methyl sites for hydroxylation is 1. The maximum Gasteiger partial charge on any atom is 0.241 e. The normalized spacial score (nSPS) is 14.5. The van der Waals surface area contributed by atoms with Crippen LogP contribution < -0.4 is 19.7 Å². The number of carbonyl (C=O) groups is 2. The van der Waals surface area contributed by atoms with Gasteiger partial charge in [0.15, 0.2) is 0 Å². The molecule has 9 heteroatoms. The molecule has 1 aliphatic rings. The van der Waals surface area contributed by atoms with Crippen LogP contribution in [0.15, 0.2) is 47.4 Å². The minimum absolute atomic E-state index is 0.0712. The number of anilines is 1. The molecule has 0 saturated heterocycles. The number of benzene rings is 2. The summed E-state index contributed by atoms with van der Waals surface area (Å²) >= 11 is 0. The van der Waals surface area contributed by atoms with Gasteiger partial charge in [0, 0.05) is 25.7 Å². The Kier molecular flexibility index (Phi) is 7.76. The van der Waals surface area contributed by atoms with Crippen molar-refractivity contribution in [2.75, 3.05) is 18.6 Å². The molecule has 0 radical (unpaired) electrons. The van der Waals surface area contributed by atoms with Gasteiger partial charge in [0.1, 0.15) is 11.8 Å². The molecule has 33 heavy (non-hydrogen) atoms. The Hall–Kier alpha value is -2.91. The molecule has 2 aromatic carbocycles. The van der Waals surface area contributed by atoms with E-state index in [1.54, 1.807) is 50.1 Å². The predicted molar refractivity (Wildman–Crippen MR) is 127 cm³/mol. The average Bonchev–Trinajstić information content (AvgIpc) is 2.80. The summed E-state index contributed by atoms with van der Waals surface area (Å²) in [6.45, 7) is 5.97. The first-order valence-corrected chi connectivity index (χ1v) is 12.4. The second-order valence-corrected chi connectivity index (χ2v) is 10.2. The zero-order chi connectivity index (χ0) is 24.2. The molecule has 0 unspecified atom stereocenters. The van der Waals surface area contributed by atoms with E-state index >= 15 is 0 Å². The zero-order valence-electron chi connectivity index (χ0n) is 19.4. The van der Waals surface area contributed by atoms with Crippen molar-refractivity contribution < 1.29 is 22.7 Å². The van der Waals surface area contributed by atoms with Gasteiger partial charge < -0.3 is 15.0 Å². The summed E-state index contributed by atoms with van der Waals surface area (Å²) < 4.78 is 33.9. The van der Waals surface area contributed by atoms with Crippen molar-refractivity contribution in [1.82, 2.24) is 10.0 Å². The van der Waals surface area contributed by atoms with Crippen LogP contribution in [0.3, 0.4) is 0 Å². The smallest absolute Gasteiger partial charge is 0.241 e. The molecule has 2 aromatic rings. The number of hydrogen-bond donors (Lipinski definition) is 2. The minimum atomic E-state index is -3.94. The highest BCUT2D eigenvalue weighted by atomic mass is 32.2. The number of carbonyl (C=O) groups excluding carboxylic acids is 2. The van der Waals surface area contributed by atoms with Gasteiger partial charge in [-0.15, -0.1) is 0 Å². The first-order valence-electron chi connectivity index (χ1n) is 11.0. The van der Waals surface area contributed by atoms with Crippen LogP contribution in [0.4, 0.5) is 5.69 Å². The van der Waals surface area contributed by atoms with E-state index in [1.807, 2.05) is 12.1 Å².